The minimum Gasteiger partial charge on any atom is -0.497 e. The highest BCUT2D eigenvalue weighted by Gasteiger charge is 2.48. The van der Waals surface area contributed by atoms with E-state index in [0.717, 1.165) is 17.8 Å². The number of ether oxygens (including phenoxy) is 1. The number of benzene rings is 1. The van der Waals surface area contributed by atoms with Crippen molar-refractivity contribution in [3.63, 3.8) is 0 Å². The van der Waals surface area contributed by atoms with Crippen LogP contribution in [0.3, 0.4) is 0 Å². The van der Waals surface area contributed by atoms with Crippen LogP contribution in [0.5, 0.6) is 5.75 Å². The van der Waals surface area contributed by atoms with Crippen molar-refractivity contribution in [3.8, 4) is 5.75 Å². The van der Waals surface area contributed by atoms with Crippen LogP contribution in [0.4, 0.5) is 5.69 Å². The van der Waals surface area contributed by atoms with Crippen LogP contribution in [-0.4, -0.2) is 19.2 Å². The van der Waals surface area contributed by atoms with E-state index in [2.05, 4.69) is 23.1 Å². The smallest absolute Gasteiger partial charge is 0.120 e. The molecule has 0 aromatic heterocycles. The van der Waals surface area contributed by atoms with Crippen LogP contribution in [0.2, 0.25) is 0 Å². The molecule has 0 bridgehead atoms. The molecule has 0 amide bonds. The highest BCUT2D eigenvalue weighted by atomic mass is 16.5. The monoisotopic (exact) mass is 203 g/mol. The van der Waals surface area contributed by atoms with Gasteiger partial charge in [0.25, 0.3) is 0 Å². The fraction of sp³-hybridized carbons (Fsp3) is 0.538. The molecule has 1 aromatic carbocycles. The second-order valence-electron chi connectivity index (χ2n) is 4.53. The number of hydrogen-bond acceptors (Lipinski definition) is 2. The molecule has 2 unspecified atom stereocenters. The lowest BCUT2D eigenvalue weighted by atomic mass is 10.0. The van der Waals surface area contributed by atoms with Gasteiger partial charge in [0.1, 0.15) is 5.75 Å². The van der Waals surface area contributed by atoms with Crippen LogP contribution < -0.4 is 9.64 Å². The topological polar surface area (TPSA) is 12.2 Å². The van der Waals surface area contributed by atoms with Crippen molar-refractivity contribution >= 4 is 5.69 Å². The van der Waals surface area contributed by atoms with Gasteiger partial charge < -0.3 is 9.64 Å². The molecule has 0 spiro atoms. The zero-order valence-electron chi connectivity index (χ0n) is 9.15. The van der Waals surface area contributed by atoms with Gasteiger partial charge in [-0.1, -0.05) is 18.9 Å². The summed E-state index contributed by atoms with van der Waals surface area (Å²) in [6, 6.07) is 10.1. The van der Waals surface area contributed by atoms with Crippen LogP contribution in [0.15, 0.2) is 24.3 Å². The average Bonchev–Trinajstić information content (AvgIpc) is 3.03. The second-order valence-corrected chi connectivity index (χ2v) is 4.53. The van der Waals surface area contributed by atoms with E-state index in [1.54, 1.807) is 7.11 Å². The van der Waals surface area contributed by atoms with Gasteiger partial charge in [0.05, 0.1) is 7.11 Å². The molecule has 1 aliphatic carbocycles. The van der Waals surface area contributed by atoms with E-state index in [1.807, 2.05) is 6.07 Å². The standard InChI is InChI=1S/C13H17NO/c1-15-11-6-4-5-10(9-11)14-12-7-2-3-8-13(12)14/h4-6,9,12-13H,2-3,7-8H2,1H3. The molecule has 2 atom stereocenters. The fourth-order valence-electron chi connectivity index (χ4n) is 2.86. The lowest BCUT2D eigenvalue weighted by Gasteiger charge is -2.07. The van der Waals surface area contributed by atoms with E-state index in [9.17, 15) is 0 Å². The Bertz CT molecular complexity index is 351. The zero-order chi connectivity index (χ0) is 10.3. The van der Waals surface area contributed by atoms with Crippen LogP contribution >= 0.6 is 0 Å². The van der Waals surface area contributed by atoms with Crippen molar-refractivity contribution in [3.05, 3.63) is 24.3 Å². The Morgan fingerprint density at radius 2 is 1.93 bits per heavy atom. The molecule has 0 N–H and O–H groups in total. The van der Waals surface area contributed by atoms with Crippen molar-refractivity contribution in [1.29, 1.82) is 0 Å². The van der Waals surface area contributed by atoms with Gasteiger partial charge in [-0.25, -0.2) is 0 Å². The average molecular weight is 203 g/mol. The normalized spacial score (nSPS) is 28.5. The summed E-state index contributed by atoms with van der Waals surface area (Å²) < 4.78 is 5.26. The van der Waals surface area contributed by atoms with Crippen molar-refractivity contribution < 1.29 is 4.74 Å². The molecule has 1 saturated carbocycles. The summed E-state index contributed by atoms with van der Waals surface area (Å²) in [6.07, 6.45) is 5.56. The summed E-state index contributed by atoms with van der Waals surface area (Å²) in [7, 11) is 1.73. The Hall–Kier alpha value is -1.18. The van der Waals surface area contributed by atoms with Gasteiger partial charge in [-0.2, -0.15) is 0 Å². The third kappa shape index (κ3) is 1.48. The molecule has 2 nitrogen and oxygen atoms in total. The Kier molecular flexibility index (Phi) is 2.08. The Labute approximate surface area is 90.8 Å². The molecule has 1 aromatic rings. The quantitative estimate of drug-likeness (QED) is 0.685. The molecule has 2 fully saturated rings. The largest absolute Gasteiger partial charge is 0.497 e. The number of nitrogens with zero attached hydrogens (tertiary/aromatic N) is 1. The first-order chi connectivity index (χ1) is 7.40. The molecule has 15 heavy (non-hydrogen) atoms. The lowest BCUT2D eigenvalue weighted by Crippen LogP contribution is -2.00. The molecule has 0 radical (unpaired) electrons. The molecule has 3 rings (SSSR count). The van der Waals surface area contributed by atoms with Gasteiger partial charge >= 0.3 is 0 Å². The van der Waals surface area contributed by atoms with Gasteiger partial charge in [-0.05, 0) is 25.0 Å². The van der Waals surface area contributed by atoms with Gasteiger partial charge in [-0.3, -0.25) is 0 Å². The Balaban J connectivity index is 1.82. The minimum atomic E-state index is 0.825. The summed E-state index contributed by atoms with van der Waals surface area (Å²) in [5.41, 5.74) is 1.34. The van der Waals surface area contributed by atoms with Crippen LogP contribution in [0.25, 0.3) is 0 Å². The first-order valence-corrected chi connectivity index (χ1v) is 5.82. The van der Waals surface area contributed by atoms with Crippen LogP contribution in [0, 0.1) is 0 Å². The molecule has 1 heterocycles. The molecule has 1 aliphatic heterocycles. The summed E-state index contributed by atoms with van der Waals surface area (Å²) >= 11 is 0. The summed E-state index contributed by atoms with van der Waals surface area (Å²) in [5.74, 6) is 0.969. The number of rotatable bonds is 2. The number of hydrogen-bond donors (Lipinski definition) is 0. The van der Waals surface area contributed by atoms with Crippen LogP contribution in [-0.2, 0) is 0 Å². The van der Waals surface area contributed by atoms with Crippen molar-refractivity contribution in [2.45, 2.75) is 37.8 Å². The summed E-state index contributed by atoms with van der Waals surface area (Å²) in [4.78, 5) is 2.55. The fourth-order valence-corrected chi connectivity index (χ4v) is 2.86. The Morgan fingerprint density at radius 3 is 2.60 bits per heavy atom. The number of anilines is 1. The predicted molar refractivity (Wildman–Crippen MR) is 61.5 cm³/mol. The summed E-state index contributed by atoms with van der Waals surface area (Å²) in [5, 5.41) is 0. The van der Waals surface area contributed by atoms with Crippen molar-refractivity contribution in [1.82, 2.24) is 0 Å². The molecule has 1 saturated heterocycles. The molecule has 2 heteroatoms. The van der Waals surface area contributed by atoms with E-state index in [0.29, 0.717) is 0 Å². The maximum Gasteiger partial charge on any atom is 0.120 e. The van der Waals surface area contributed by atoms with E-state index in [4.69, 9.17) is 4.74 Å². The van der Waals surface area contributed by atoms with Gasteiger partial charge in [0, 0.05) is 23.8 Å². The predicted octanol–water partition coefficient (Wildman–Crippen LogP) is 2.83. The first kappa shape index (κ1) is 9.08. The van der Waals surface area contributed by atoms with Crippen molar-refractivity contribution in [2.75, 3.05) is 12.0 Å². The number of fused-ring (bicyclic) bond motifs is 1. The second kappa shape index (κ2) is 3.44. The SMILES string of the molecule is COc1cccc(N2C3CCCCC32)c1. The molecule has 80 valence electrons. The summed E-state index contributed by atoms with van der Waals surface area (Å²) in [6.45, 7) is 0. The van der Waals surface area contributed by atoms with Gasteiger partial charge in [0.15, 0.2) is 0 Å². The van der Waals surface area contributed by atoms with E-state index in [-0.39, 0.29) is 0 Å². The van der Waals surface area contributed by atoms with E-state index >= 15 is 0 Å². The van der Waals surface area contributed by atoms with Gasteiger partial charge in [-0.15, -0.1) is 0 Å². The Morgan fingerprint density at radius 1 is 1.20 bits per heavy atom. The first-order valence-electron chi connectivity index (χ1n) is 5.82. The maximum atomic E-state index is 5.26. The third-order valence-corrected chi connectivity index (χ3v) is 3.67. The minimum absolute atomic E-state index is 0.825. The zero-order valence-corrected chi connectivity index (χ0v) is 9.15. The van der Waals surface area contributed by atoms with E-state index in [1.165, 1.54) is 31.4 Å². The van der Waals surface area contributed by atoms with E-state index < -0.39 is 0 Å². The lowest BCUT2D eigenvalue weighted by molar-refractivity contribution is 0.415. The number of methoxy groups -OCH3 is 1. The van der Waals surface area contributed by atoms with Crippen molar-refractivity contribution in [2.24, 2.45) is 0 Å². The van der Waals surface area contributed by atoms with Gasteiger partial charge in [0.2, 0.25) is 0 Å². The molecular formula is C13H17NO. The molecule has 2 aliphatic rings. The molecular weight excluding hydrogens is 186 g/mol. The highest BCUT2D eigenvalue weighted by molar-refractivity contribution is 5.59. The maximum absolute atomic E-state index is 5.26. The van der Waals surface area contributed by atoms with Crippen LogP contribution in [0.1, 0.15) is 25.7 Å². The third-order valence-electron chi connectivity index (χ3n) is 3.67. The highest BCUT2D eigenvalue weighted by Crippen LogP contribution is 2.44.